The van der Waals surface area contributed by atoms with Crippen LogP contribution < -0.4 is 5.32 Å². The van der Waals surface area contributed by atoms with Gasteiger partial charge in [-0.05, 0) is 37.9 Å². The molecule has 1 atom stereocenters. The second-order valence-corrected chi connectivity index (χ2v) is 4.25. The van der Waals surface area contributed by atoms with E-state index in [0.29, 0.717) is 6.54 Å². The monoisotopic (exact) mass is 245 g/mol. The molecule has 0 aliphatic heterocycles. The normalized spacial score (nSPS) is 13.7. The van der Waals surface area contributed by atoms with E-state index in [9.17, 15) is 13.2 Å². The van der Waals surface area contributed by atoms with Crippen molar-refractivity contribution in [1.29, 1.82) is 0 Å². The maximum absolute atomic E-state index is 11.9. The van der Waals surface area contributed by atoms with Gasteiger partial charge in [0.1, 0.15) is 0 Å². The number of alkyl halides is 3. The maximum Gasteiger partial charge on any atom is 0.389 e. The molecule has 0 bridgehead atoms. The van der Waals surface area contributed by atoms with Crippen molar-refractivity contribution in [3.05, 3.63) is 35.4 Å². The Hall–Kier alpha value is -1.03. The van der Waals surface area contributed by atoms with Crippen LogP contribution in [0.4, 0.5) is 13.2 Å². The molecule has 0 radical (unpaired) electrons. The molecular weight excluding hydrogens is 227 g/mol. The molecule has 1 N–H and O–H groups in total. The first-order chi connectivity index (χ1) is 7.90. The highest BCUT2D eigenvalue weighted by atomic mass is 19.4. The third-order valence-corrected chi connectivity index (χ3v) is 2.74. The maximum atomic E-state index is 11.9. The molecule has 0 saturated carbocycles. The van der Waals surface area contributed by atoms with E-state index < -0.39 is 12.6 Å². The Morgan fingerprint density at radius 2 is 1.88 bits per heavy atom. The molecule has 0 spiro atoms. The second-order valence-electron chi connectivity index (χ2n) is 4.25. The van der Waals surface area contributed by atoms with Crippen molar-refractivity contribution >= 4 is 0 Å². The van der Waals surface area contributed by atoms with E-state index in [4.69, 9.17) is 0 Å². The third-order valence-electron chi connectivity index (χ3n) is 2.74. The van der Waals surface area contributed by atoms with Crippen LogP contribution in [0.2, 0.25) is 0 Å². The fraction of sp³-hybridized carbons (Fsp3) is 0.538. The number of halogens is 3. The Morgan fingerprint density at radius 1 is 1.24 bits per heavy atom. The van der Waals surface area contributed by atoms with E-state index in [1.165, 1.54) is 0 Å². The molecule has 0 fully saturated rings. The minimum atomic E-state index is -4.05. The van der Waals surface area contributed by atoms with E-state index in [-0.39, 0.29) is 12.5 Å². The van der Waals surface area contributed by atoms with Crippen molar-refractivity contribution in [2.24, 2.45) is 0 Å². The van der Waals surface area contributed by atoms with Crippen molar-refractivity contribution in [2.45, 2.75) is 38.9 Å². The van der Waals surface area contributed by atoms with Gasteiger partial charge < -0.3 is 5.32 Å². The van der Waals surface area contributed by atoms with Crippen LogP contribution in [0.3, 0.4) is 0 Å². The average Bonchev–Trinajstić information content (AvgIpc) is 2.23. The van der Waals surface area contributed by atoms with Gasteiger partial charge in [0, 0.05) is 12.5 Å². The molecule has 1 aromatic carbocycles. The van der Waals surface area contributed by atoms with Crippen LogP contribution in [0.1, 0.15) is 36.9 Å². The first kappa shape index (κ1) is 14.0. The van der Waals surface area contributed by atoms with Gasteiger partial charge in [0.2, 0.25) is 0 Å². The number of rotatable bonds is 5. The van der Waals surface area contributed by atoms with Crippen LogP contribution in [-0.2, 0) is 0 Å². The Bertz CT molecular complexity index is 347. The zero-order chi connectivity index (χ0) is 12.9. The zero-order valence-electron chi connectivity index (χ0n) is 10.1. The Labute approximate surface area is 100 Å². The minimum absolute atomic E-state index is 0.0874. The molecule has 0 aromatic heterocycles. The summed E-state index contributed by atoms with van der Waals surface area (Å²) in [5.41, 5.74) is 2.29. The number of aryl methyl sites for hydroxylation is 1. The molecule has 0 amide bonds. The average molecular weight is 245 g/mol. The first-order valence-corrected chi connectivity index (χ1v) is 5.76. The van der Waals surface area contributed by atoms with E-state index in [1.54, 1.807) is 0 Å². The highest BCUT2D eigenvalue weighted by Gasteiger charge is 2.25. The quantitative estimate of drug-likeness (QED) is 0.773. The van der Waals surface area contributed by atoms with Gasteiger partial charge in [-0.3, -0.25) is 0 Å². The Balaban J connectivity index is 2.36. The van der Waals surface area contributed by atoms with Gasteiger partial charge >= 0.3 is 6.18 Å². The molecule has 0 aliphatic rings. The van der Waals surface area contributed by atoms with Crippen LogP contribution in [-0.4, -0.2) is 12.7 Å². The molecule has 1 unspecified atom stereocenters. The summed E-state index contributed by atoms with van der Waals surface area (Å²) in [5, 5.41) is 3.11. The smallest absolute Gasteiger partial charge is 0.310 e. The van der Waals surface area contributed by atoms with Gasteiger partial charge in [0.05, 0.1) is 0 Å². The van der Waals surface area contributed by atoms with Gasteiger partial charge in [-0.1, -0.05) is 24.3 Å². The van der Waals surface area contributed by atoms with Crippen LogP contribution in [0.15, 0.2) is 24.3 Å². The highest BCUT2D eigenvalue weighted by Crippen LogP contribution is 2.21. The molecule has 4 heteroatoms. The lowest BCUT2D eigenvalue weighted by molar-refractivity contribution is -0.135. The SMILES string of the molecule is Cc1ccccc1C(C)NCCCC(F)(F)F. The molecule has 0 aliphatic carbocycles. The van der Waals surface area contributed by atoms with E-state index in [0.717, 1.165) is 11.1 Å². The van der Waals surface area contributed by atoms with Crippen LogP contribution in [0.5, 0.6) is 0 Å². The number of hydrogen-bond acceptors (Lipinski definition) is 1. The molecule has 96 valence electrons. The van der Waals surface area contributed by atoms with Crippen molar-refractivity contribution in [3.63, 3.8) is 0 Å². The van der Waals surface area contributed by atoms with E-state index in [1.807, 2.05) is 38.1 Å². The summed E-state index contributed by atoms with van der Waals surface area (Å²) in [7, 11) is 0. The fourth-order valence-electron chi connectivity index (χ4n) is 1.79. The van der Waals surface area contributed by atoms with Crippen LogP contribution in [0, 0.1) is 6.92 Å². The molecule has 17 heavy (non-hydrogen) atoms. The molecule has 1 nitrogen and oxygen atoms in total. The minimum Gasteiger partial charge on any atom is -0.310 e. The first-order valence-electron chi connectivity index (χ1n) is 5.76. The summed E-state index contributed by atoms with van der Waals surface area (Å²) in [6.07, 6.45) is -4.65. The van der Waals surface area contributed by atoms with Crippen molar-refractivity contribution in [3.8, 4) is 0 Å². The molecular formula is C13H18F3N. The summed E-state index contributed by atoms with van der Waals surface area (Å²) in [6, 6.07) is 7.98. The molecule has 1 rings (SSSR count). The van der Waals surface area contributed by atoms with Gasteiger partial charge in [-0.15, -0.1) is 0 Å². The number of hydrogen-bond donors (Lipinski definition) is 1. The van der Waals surface area contributed by atoms with Crippen molar-refractivity contribution < 1.29 is 13.2 Å². The highest BCUT2D eigenvalue weighted by molar-refractivity contribution is 5.28. The van der Waals surface area contributed by atoms with Gasteiger partial charge in [-0.2, -0.15) is 13.2 Å². The summed E-state index contributed by atoms with van der Waals surface area (Å²) >= 11 is 0. The number of benzene rings is 1. The van der Waals surface area contributed by atoms with Crippen LogP contribution >= 0.6 is 0 Å². The zero-order valence-corrected chi connectivity index (χ0v) is 10.1. The molecule has 0 heterocycles. The predicted octanol–water partition coefficient (Wildman–Crippen LogP) is 3.99. The third kappa shape index (κ3) is 5.22. The summed E-state index contributed by atoms with van der Waals surface area (Å²) in [5.74, 6) is 0. The predicted molar refractivity (Wildman–Crippen MR) is 62.9 cm³/mol. The summed E-state index contributed by atoms with van der Waals surface area (Å²) < 4.78 is 35.8. The Kier molecular flexibility index (Phi) is 5.00. The molecule has 1 aromatic rings. The van der Waals surface area contributed by atoms with Crippen molar-refractivity contribution in [2.75, 3.05) is 6.54 Å². The van der Waals surface area contributed by atoms with Crippen LogP contribution in [0.25, 0.3) is 0 Å². The lowest BCUT2D eigenvalue weighted by Gasteiger charge is -2.16. The number of nitrogens with one attached hydrogen (secondary N) is 1. The van der Waals surface area contributed by atoms with Crippen molar-refractivity contribution in [1.82, 2.24) is 5.32 Å². The van der Waals surface area contributed by atoms with Gasteiger partial charge in [0.15, 0.2) is 0 Å². The Morgan fingerprint density at radius 3 is 2.47 bits per heavy atom. The lowest BCUT2D eigenvalue weighted by Crippen LogP contribution is -2.22. The lowest BCUT2D eigenvalue weighted by atomic mass is 10.0. The van der Waals surface area contributed by atoms with Gasteiger partial charge in [0.25, 0.3) is 0 Å². The molecule has 0 saturated heterocycles. The summed E-state index contributed by atoms with van der Waals surface area (Å²) in [4.78, 5) is 0. The second kappa shape index (κ2) is 6.05. The largest absolute Gasteiger partial charge is 0.389 e. The summed E-state index contributed by atoms with van der Waals surface area (Å²) in [6.45, 7) is 4.36. The fourth-order valence-corrected chi connectivity index (χ4v) is 1.79. The van der Waals surface area contributed by atoms with Gasteiger partial charge in [-0.25, -0.2) is 0 Å². The van der Waals surface area contributed by atoms with E-state index in [2.05, 4.69) is 5.32 Å². The van der Waals surface area contributed by atoms with E-state index >= 15 is 0 Å². The standard InChI is InChI=1S/C13H18F3N/c1-10-6-3-4-7-12(10)11(2)17-9-5-8-13(14,15)16/h3-4,6-7,11,17H,5,8-9H2,1-2H3. The topological polar surface area (TPSA) is 12.0 Å².